The van der Waals surface area contributed by atoms with Crippen LogP contribution in [0.3, 0.4) is 0 Å². The molecule has 0 fully saturated rings. The lowest BCUT2D eigenvalue weighted by Crippen LogP contribution is -2.36. The Morgan fingerprint density at radius 3 is 2.30 bits per heavy atom. The maximum absolute atomic E-state index is 12.1. The first-order chi connectivity index (χ1) is 11.0. The van der Waals surface area contributed by atoms with E-state index in [1.54, 1.807) is 7.11 Å². The van der Waals surface area contributed by atoms with Crippen LogP contribution in [-0.2, 0) is 16.6 Å². The average Bonchev–Trinajstić information content (AvgIpc) is 2.59. The van der Waals surface area contributed by atoms with Gasteiger partial charge >= 0.3 is 0 Å². The molecule has 0 atom stereocenters. The zero-order chi connectivity index (χ0) is 16.7. The quantitative estimate of drug-likeness (QED) is 0.846. The summed E-state index contributed by atoms with van der Waals surface area (Å²) in [5.41, 5.74) is 2.26. The van der Waals surface area contributed by atoms with Crippen LogP contribution in [0.15, 0.2) is 54.6 Å². The van der Waals surface area contributed by atoms with Gasteiger partial charge in [-0.2, -0.15) is 0 Å². The Balaban J connectivity index is 1.84. The number of aryl methyl sites for hydroxylation is 1. The summed E-state index contributed by atoms with van der Waals surface area (Å²) in [6.07, 6.45) is 1.29. The van der Waals surface area contributed by atoms with E-state index in [1.165, 1.54) is 11.1 Å². The van der Waals surface area contributed by atoms with Gasteiger partial charge in [-0.3, -0.25) is 4.79 Å². The number of ether oxygens (including phenoxy) is 1. The molecule has 122 valence electrons. The van der Waals surface area contributed by atoms with Crippen molar-refractivity contribution in [2.45, 2.75) is 32.1 Å². The molecule has 0 aliphatic rings. The number of methoxy groups -OCH3 is 1. The third kappa shape index (κ3) is 5.13. The fourth-order valence-corrected chi connectivity index (χ4v) is 2.45. The van der Waals surface area contributed by atoms with Gasteiger partial charge in [-0.1, -0.05) is 56.3 Å². The maximum atomic E-state index is 12.1. The van der Waals surface area contributed by atoms with Crippen LogP contribution in [0.5, 0.6) is 5.75 Å². The lowest BCUT2D eigenvalue weighted by atomic mass is 9.84. The maximum Gasteiger partial charge on any atom is 0.220 e. The van der Waals surface area contributed by atoms with Crippen molar-refractivity contribution in [2.24, 2.45) is 0 Å². The highest BCUT2D eigenvalue weighted by Crippen LogP contribution is 2.24. The number of carbonyl (C=O) groups is 1. The molecule has 3 nitrogen and oxygen atoms in total. The Kier molecular flexibility index (Phi) is 5.80. The molecule has 2 aromatic rings. The van der Waals surface area contributed by atoms with Gasteiger partial charge in [0.05, 0.1) is 7.11 Å². The van der Waals surface area contributed by atoms with Gasteiger partial charge < -0.3 is 10.1 Å². The third-order valence-corrected chi connectivity index (χ3v) is 4.08. The normalized spacial score (nSPS) is 11.1. The Morgan fingerprint density at radius 2 is 1.70 bits per heavy atom. The van der Waals surface area contributed by atoms with Crippen LogP contribution in [0.2, 0.25) is 0 Å². The summed E-state index contributed by atoms with van der Waals surface area (Å²) in [5, 5.41) is 3.05. The molecular weight excluding hydrogens is 286 g/mol. The molecule has 0 aliphatic carbocycles. The van der Waals surface area contributed by atoms with Crippen LogP contribution in [0, 0.1) is 0 Å². The third-order valence-electron chi connectivity index (χ3n) is 4.08. The summed E-state index contributed by atoms with van der Waals surface area (Å²) < 4.78 is 5.18. The van der Waals surface area contributed by atoms with Crippen molar-refractivity contribution in [2.75, 3.05) is 13.7 Å². The molecule has 0 unspecified atom stereocenters. The minimum atomic E-state index is -0.116. The summed E-state index contributed by atoms with van der Waals surface area (Å²) >= 11 is 0. The molecule has 0 aliphatic heterocycles. The second-order valence-electron chi connectivity index (χ2n) is 6.37. The van der Waals surface area contributed by atoms with Crippen LogP contribution in [0.25, 0.3) is 0 Å². The summed E-state index contributed by atoms with van der Waals surface area (Å²) in [7, 11) is 1.66. The van der Waals surface area contributed by atoms with Crippen molar-refractivity contribution in [3.63, 3.8) is 0 Å². The van der Waals surface area contributed by atoms with E-state index in [9.17, 15) is 4.79 Å². The number of amides is 1. The van der Waals surface area contributed by atoms with Gasteiger partial charge in [0, 0.05) is 18.4 Å². The molecule has 0 spiro atoms. The van der Waals surface area contributed by atoms with Gasteiger partial charge in [-0.25, -0.2) is 0 Å². The van der Waals surface area contributed by atoms with Gasteiger partial charge in [-0.05, 0) is 29.7 Å². The zero-order valence-corrected chi connectivity index (χ0v) is 14.1. The highest BCUT2D eigenvalue weighted by Gasteiger charge is 2.21. The molecule has 0 radical (unpaired) electrons. The molecule has 2 rings (SSSR count). The minimum Gasteiger partial charge on any atom is -0.497 e. The predicted octanol–water partition coefficient (Wildman–Crippen LogP) is 3.72. The van der Waals surface area contributed by atoms with Crippen LogP contribution in [0.4, 0.5) is 0 Å². The Bertz CT molecular complexity index is 618. The molecule has 2 aromatic carbocycles. The summed E-state index contributed by atoms with van der Waals surface area (Å²) in [6.45, 7) is 4.88. The first kappa shape index (κ1) is 17.1. The molecule has 0 heterocycles. The first-order valence-electron chi connectivity index (χ1n) is 7.96. The predicted molar refractivity (Wildman–Crippen MR) is 93.8 cm³/mol. The topological polar surface area (TPSA) is 38.3 Å². The van der Waals surface area contributed by atoms with Crippen molar-refractivity contribution in [3.8, 4) is 5.75 Å². The lowest BCUT2D eigenvalue weighted by Gasteiger charge is -2.26. The molecule has 0 saturated heterocycles. The monoisotopic (exact) mass is 311 g/mol. The van der Waals surface area contributed by atoms with E-state index in [2.05, 4.69) is 43.4 Å². The van der Waals surface area contributed by atoms with E-state index in [-0.39, 0.29) is 11.3 Å². The first-order valence-corrected chi connectivity index (χ1v) is 7.96. The number of hydrogen-bond donors (Lipinski definition) is 1. The van der Waals surface area contributed by atoms with Crippen LogP contribution in [0.1, 0.15) is 31.4 Å². The fourth-order valence-electron chi connectivity index (χ4n) is 2.45. The van der Waals surface area contributed by atoms with Crippen LogP contribution >= 0.6 is 0 Å². The second-order valence-corrected chi connectivity index (χ2v) is 6.37. The summed E-state index contributed by atoms with van der Waals surface area (Å²) in [5.74, 6) is 0.937. The van der Waals surface area contributed by atoms with Crippen molar-refractivity contribution in [3.05, 3.63) is 65.7 Å². The highest BCUT2D eigenvalue weighted by molar-refractivity contribution is 5.76. The number of benzene rings is 2. The molecule has 1 N–H and O–H groups in total. The second kappa shape index (κ2) is 7.82. The van der Waals surface area contributed by atoms with E-state index in [0.717, 1.165) is 12.2 Å². The smallest absolute Gasteiger partial charge is 0.220 e. The van der Waals surface area contributed by atoms with E-state index in [4.69, 9.17) is 4.74 Å². The van der Waals surface area contributed by atoms with Crippen molar-refractivity contribution < 1.29 is 9.53 Å². The number of rotatable bonds is 7. The van der Waals surface area contributed by atoms with E-state index in [0.29, 0.717) is 13.0 Å². The summed E-state index contributed by atoms with van der Waals surface area (Å²) in [6, 6.07) is 18.1. The molecule has 0 aromatic heterocycles. The molecule has 0 bridgehead atoms. The van der Waals surface area contributed by atoms with E-state index < -0.39 is 0 Å². The van der Waals surface area contributed by atoms with Crippen LogP contribution in [-0.4, -0.2) is 19.6 Å². The number of nitrogens with one attached hydrogen (secondary N) is 1. The highest BCUT2D eigenvalue weighted by atomic mass is 16.5. The van der Waals surface area contributed by atoms with Crippen molar-refractivity contribution >= 4 is 5.91 Å². The van der Waals surface area contributed by atoms with Crippen molar-refractivity contribution in [1.29, 1.82) is 0 Å². The standard InChI is InChI=1S/C20H25NO2/c1-20(2,17-10-12-18(23-3)13-11-17)15-21-19(22)14-9-16-7-5-4-6-8-16/h4-8,10-13H,9,14-15H2,1-3H3,(H,21,22). The average molecular weight is 311 g/mol. The van der Waals surface area contributed by atoms with Gasteiger partial charge in [0.2, 0.25) is 5.91 Å². The van der Waals surface area contributed by atoms with E-state index >= 15 is 0 Å². The lowest BCUT2D eigenvalue weighted by molar-refractivity contribution is -0.121. The van der Waals surface area contributed by atoms with Gasteiger partial charge in [0.25, 0.3) is 0 Å². The Hall–Kier alpha value is -2.29. The van der Waals surface area contributed by atoms with Crippen LogP contribution < -0.4 is 10.1 Å². The Labute approximate surface area is 138 Å². The van der Waals surface area contributed by atoms with Gasteiger partial charge in [0.15, 0.2) is 0 Å². The molecule has 23 heavy (non-hydrogen) atoms. The summed E-state index contributed by atoms with van der Waals surface area (Å²) in [4.78, 5) is 12.1. The Morgan fingerprint density at radius 1 is 1.04 bits per heavy atom. The molecule has 0 saturated carbocycles. The zero-order valence-electron chi connectivity index (χ0n) is 14.1. The molecular formula is C20H25NO2. The molecule has 3 heteroatoms. The minimum absolute atomic E-state index is 0.0930. The van der Waals surface area contributed by atoms with Gasteiger partial charge in [-0.15, -0.1) is 0 Å². The molecule has 1 amide bonds. The number of carbonyl (C=O) groups excluding carboxylic acids is 1. The van der Waals surface area contributed by atoms with Crippen molar-refractivity contribution in [1.82, 2.24) is 5.32 Å². The largest absolute Gasteiger partial charge is 0.497 e. The fraction of sp³-hybridized carbons (Fsp3) is 0.350. The SMILES string of the molecule is COc1ccc(C(C)(C)CNC(=O)CCc2ccccc2)cc1. The number of hydrogen-bond acceptors (Lipinski definition) is 2. The van der Waals surface area contributed by atoms with Gasteiger partial charge in [0.1, 0.15) is 5.75 Å². The van der Waals surface area contributed by atoms with E-state index in [1.807, 2.05) is 30.3 Å².